The molecule has 1 fully saturated rings. The molecule has 6 nitrogen and oxygen atoms in total. The van der Waals surface area contributed by atoms with Crippen LogP contribution in [0, 0.1) is 5.41 Å². The minimum Gasteiger partial charge on any atom is -0.481 e. The normalized spacial score (nSPS) is 19.0. The van der Waals surface area contributed by atoms with Crippen molar-refractivity contribution >= 4 is 12.0 Å². The van der Waals surface area contributed by atoms with E-state index in [9.17, 15) is 9.59 Å². The van der Waals surface area contributed by atoms with E-state index in [0.29, 0.717) is 12.6 Å². The third-order valence-electron chi connectivity index (χ3n) is 4.05. The molecule has 0 aromatic rings. The second kappa shape index (κ2) is 7.64. The van der Waals surface area contributed by atoms with Gasteiger partial charge < -0.3 is 15.7 Å². The molecular formula is C15H29N3O3. The van der Waals surface area contributed by atoms with Gasteiger partial charge in [0, 0.05) is 18.6 Å². The molecule has 0 bridgehead atoms. The smallest absolute Gasteiger partial charge is 0.315 e. The molecule has 122 valence electrons. The minimum atomic E-state index is -0.902. The van der Waals surface area contributed by atoms with Gasteiger partial charge in [-0.1, -0.05) is 20.8 Å². The number of nitrogens with one attached hydrogen (secondary N) is 2. The van der Waals surface area contributed by atoms with E-state index in [4.69, 9.17) is 5.11 Å². The lowest BCUT2D eigenvalue weighted by Gasteiger charge is -2.31. The number of carbonyl (C=O) groups excluding carboxylic acids is 1. The molecule has 21 heavy (non-hydrogen) atoms. The van der Waals surface area contributed by atoms with Crippen LogP contribution in [0.1, 0.15) is 47.0 Å². The fourth-order valence-electron chi connectivity index (χ4n) is 2.51. The van der Waals surface area contributed by atoms with Gasteiger partial charge in [0.05, 0.1) is 6.42 Å². The molecule has 2 atom stereocenters. The van der Waals surface area contributed by atoms with Gasteiger partial charge in [-0.3, -0.25) is 9.69 Å². The van der Waals surface area contributed by atoms with Gasteiger partial charge in [0.1, 0.15) is 0 Å². The Bertz CT molecular complexity index is 360. The van der Waals surface area contributed by atoms with Crippen LogP contribution in [-0.4, -0.2) is 53.7 Å². The Kier molecular flexibility index (Phi) is 6.45. The number of likely N-dealkylation sites (tertiary alicyclic amines) is 1. The van der Waals surface area contributed by atoms with Crippen molar-refractivity contribution in [3.05, 3.63) is 0 Å². The Morgan fingerprint density at radius 1 is 1.24 bits per heavy atom. The van der Waals surface area contributed by atoms with E-state index in [1.54, 1.807) is 0 Å². The lowest BCUT2D eigenvalue weighted by atomic mass is 9.85. The highest BCUT2D eigenvalue weighted by molar-refractivity contribution is 5.75. The van der Waals surface area contributed by atoms with Crippen molar-refractivity contribution in [3.8, 4) is 0 Å². The summed E-state index contributed by atoms with van der Waals surface area (Å²) in [5.41, 5.74) is -0.295. The molecule has 6 heteroatoms. The average Bonchev–Trinajstić information content (AvgIpc) is 2.87. The first-order valence-corrected chi connectivity index (χ1v) is 7.70. The molecule has 0 spiro atoms. The Hall–Kier alpha value is -1.30. The molecule has 0 aromatic heterocycles. The summed E-state index contributed by atoms with van der Waals surface area (Å²) in [4.78, 5) is 25.2. The summed E-state index contributed by atoms with van der Waals surface area (Å²) in [6, 6.07) is -0.370. The van der Waals surface area contributed by atoms with Crippen molar-refractivity contribution in [2.75, 3.05) is 19.6 Å². The van der Waals surface area contributed by atoms with Crippen LogP contribution in [0.15, 0.2) is 0 Å². The molecule has 1 heterocycles. The number of amides is 2. The largest absolute Gasteiger partial charge is 0.481 e. The molecule has 2 unspecified atom stereocenters. The quantitative estimate of drug-likeness (QED) is 0.696. The third-order valence-corrected chi connectivity index (χ3v) is 4.05. The fraction of sp³-hybridized carbons (Fsp3) is 0.867. The summed E-state index contributed by atoms with van der Waals surface area (Å²) in [7, 11) is 0. The van der Waals surface area contributed by atoms with Gasteiger partial charge in [-0.15, -0.1) is 0 Å². The van der Waals surface area contributed by atoms with Crippen molar-refractivity contribution in [2.45, 2.75) is 59.0 Å². The van der Waals surface area contributed by atoms with E-state index in [-0.39, 0.29) is 17.9 Å². The maximum atomic E-state index is 12.0. The number of carboxylic acids is 1. The lowest BCUT2D eigenvalue weighted by Crippen LogP contribution is -2.51. The Labute approximate surface area is 127 Å². The van der Waals surface area contributed by atoms with Crippen LogP contribution in [0.3, 0.4) is 0 Å². The zero-order chi connectivity index (χ0) is 16.0. The molecule has 3 N–H and O–H groups in total. The number of carboxylic acid groups (broad SMARTS) is 1. The predicted octanol–water partition coefficient (Wildman–Crippen LogP) is 1.66. The van der Waals surface area contributed by atoms with Crippen LogP contribution >= 0.6 is 0 Å². The predicted molar refractivity (Wildman–Crippen MR) is 82.3 cm³/mol. The number of urea groups is 1. The lowest BCUT2D eigenvalue weighted by molar-refractivity contribution is -0.138. The number of hydrogen-bond donors (Lipinski definition) is 3. The van der Waals surface area contributed by atoms with E-state index >= 15 is 0 Å². The standard InChI is InChI=1S/C15H29N3O3/c1-11(18-7-5-6-8-18)10-16-14(21)17-12(9-13(19)20)15(2,3)4/h11-12H,5-10H2,1-4H3,(H,19,20)(H2,16,17,21). The summed E-state index contributed by atoms with van der Waals surface area (Å²) in [6.07, 6.45) is 2.38. The molecule has 1 aliphatic rings. The van der Waals surface area contributed by atoms with Crippen molar-refractivity contribution in [2.24, 2.45) is 5.41 Å². The van der Waals surface area contributed by atoms with Gasteiger partial charge in [-0.2, -0.15) is 0 Å². The van der Waals surface area contributed by atoms with Crippen LogP contribution in [0.5, 0.6) is 0 Å². The maximum Gasteiger partial charge on any atom is 0.315 e. The molecule has 0 radical (unpaired) electrons. The highest BCUT2D eigenvalue weighted by atomic mass is 16.4. The molecule has 2 amide bonds. The van der Waals surface area contributed by atoms with E-state index in [0.717, 1.165) is 13.1 Å². The van der Waals surface area contributed by atoms with Crippen molar-refractivity contribution in [1.82, 2.24) is 15.5 Å². The molecule has 1 saturated heterocycles. The van der Waals surface area contributed by atoms with Crippen LogP contribution in [0.25, 0.3) is 0 Å². The molecular weight excluding hydrogens is 270 g/mol. The molecule has 0 aromatic carbocycles. The van der Waals surface area contributed by atoms with Crippen molar-refractivity contribution in [3.63, 3.8) is 0 Å². The minimum absolute atomic E-state index is 0.0708. The number of rotatable bonds is 6. The second-order valence-electron chi connectivity index (χ2n) is 6.96. The number of aliphatic carboxylic acids is 1. The van der Waals surface area contributed by atoms with E-state index in [1.165, 1.54) is 12.8 Å². The number of hydrogen-bond acceptors (Lipinski definition) is 3. The fourth-order valence-corrected chi connectivity index (χ4v) is 2.51. The maximum absolute atomic E-state index is 12.0. The SMILES string of the molecule is CC(CNC(=O)NC(CC(=O)O)C(C)(C)C)N1CCCC1. The number of carbonyl (C=O) groups is 2. The zero-order valence-corrected chi connectivity index (χ0v) is 13.6. The first-order chi connectivity index (χ1) is 9.70. The molecule has 0 aliphatic carbocycles. The van der Waals surface area contributed by atoms with Gasteiger partial charge in [0.15, 0.2) is 0 Å². The van der Waals surface area contributed by atoms with Crippen LogP contribution in [-0.2, 0) is 4.79 Å². The molecule has 1 aliphatic heterocycles. The first-order valence-electron chi connectivity index (χ1n) is 7.70. The van der Waals surface area contributed by atoms with Gasteiger partial charge in [-0.25, -0.2) is 4.79 Å². The van der Waals surface area contributed by atoms with E-state index in [2.05, 4.69) is 22.5 Å². The van der Waals surface area contributed by atoms with Crippen LogP contribution in [0.4, 0.5) is 4.79 Å². The summed E-state index contributed by atoms with van der Waals surface area (Å²) in [5.74, 6) is -0.902. The summed E-state index contributed by atoms with van der Waals surface area (Å²) >= 11 is 0. The van der Waals surface area contributed by atoms with Crippen molar-refractivity contribution < 1.29 is 14.7 Å². The average molecular weight is 299 g/mol. The monoisotopic (exact) mass is 299 g/mol. The summed E-state index contributed by atoms with van der Waals surface area (Å²) < 4.78 is 0. The third kappa shape index (κ3) is 6.33. The van der Waals surface area contributed by atoms with Gasteiger partial charge >= 0.3 is 12.0 Å². The van der Waals surface area contributed by atoms with Gasteiger partial charge in [0.25, 0.3) is 0 Å². The number of nitrogens with zero attached hydrogens (tertiary/aromatic N) is 1. The van der Waals surface area contributed by atoms with E-state index < -0.39 is 12.0 Å². The summed E-state index contributed by atoms with van der Waals surface area (Å²) in [6.45, 7) is 10.6. The Balaban J connectivity index is 2.40. The zero-order valence-electron chi connectivity index (χ0n) is 13.6. The van der Waals surface area contributed by atoms with Crippen molar-refractivity contribution in [1.29, 1.82) is 0 Å². The van der Waals surface area contributed by atoms with Gasteiger partial charge in [-0.05, 0) is 38.3 Å². The van der Waals surface area contributed by atoms with Gasteiger partial charge in [0.2, 0.25) is 0 Å². The Morgan fingerprint density at radius 3 is 2.29 bits per heavy atom. The van der Waals surface area contributed by atoms with Crippen LogP contribution in [0.2, 0.25) is 0 Å². The topological polar surface area (TPSA) is 81.7 Å². The summed E-state index contributed by atoms with van der Waals surface area (Å²) in [5, 5.41) is 14.6. The molecule has 1 rings (SSSR count). The first kappa shape index (κ1) is 17.8. The van der Waals surface area contributed by atoms with Crippen LogP contribution < -0.4 is 10.6 Å². The highest BCUT2D eigenvalue weighted by Gasteiger charge is 2.28. The Morgan fingerprint density at radius 2 is 1.81 bits per heavy atom. The second-order valence-corrected chi connectivity index (χ2v) is 6.96. The molecule has 0 saturated carbocycles. The highest BCUT2D eigenvalue weighted by Crippen LogP contribution is 2.21. The van der Waals surface area contributed by atoms with E-state index in [1.807, 2.05) is 20.8 Å².